The first-order chi connectivity index (χ1) is 9.63. The lowest BCUT2D eigenvalue weighted by Crippen LogP contribution is -2.16. The zero-order valence-electron chi connectivity index (χ0n) is 11.0. The predicted octanol–water partition coefficient (Wildman–Crippen LogP) is 3.97. The summed E-state index contributed by atoms with van der Waals surface area (Å²) in [4.78, 5) is 10.6. The number of halogens is 1. The highest BCUT2D eigenvalue weighted by Crippen LogP contribution is 2.15. The van der Waals surface area contributed by atoms with E-state index in [1.165, 1.54) is 11.1 Å². The van der Waals surface area contributed by atoms with Crippen LogP contribution in [0.4, 0.5) is 4.79 Å². The molecular weight excluding hydrogens is 274 g/mol. The van der Waals surface area contributed by atoms with Crippen molar-refractivity contribution in [3.63, 3.8) is 0 Å². The van der Waals surface area contributed by atoms with Crippen LogP contribution in [0.2, 0.25) is 5.02 Å². The number of carbonyl (C=O) groups is 1. The summed E-state index contributed by atoms with van der Waals surface area (Å²) >= 11 is 5.85. The molecule has 0 bridgehead atoms. The van der Waals surface area contributed by atoms with E-state index in [0.717, 1.165) is 24.3 Å². The number of rotatable bonds is 5. The first-order valence-electron chi connectivity index (χ1n) is 6.44. The van der Waals surface area contributed by atoms with Crippen molar-refractivity contribution in [2.75, 3.05) is 0 Å². The standard InChI is InChI=1S/C16H16ClNO2/c17-14-8-4-12(5-9-14)2-1-3-13-6-10-15(11-7-13)20-16(18)19/h4-11H,1-3H2,(H2,18,19). The van der Waals surface area contributed by atoms with Crippen molar-refractivity contribution in [1.82, 2.24) is 0 Å². The highest BCUT2D eigenvalue weighted by molar-refractivity contribution is 6.30. The van der Waals surface area contributed by atoms with E-state index in [4.69, 9.17) is 22.1 Å². The Morgan fingerprint density at radius 2 is 1.45 bits per heavy atom. The van der Waals surface area contributed by atoms with Crippen molar-refractivity contribution in [1.29, 1.82) is 0 Å². The zero-order valence-corrected chi connectivity index (χ0v) is 11.8. The Morgan fingerprint density at radius 3 is 1.95 bits per heavy atom. The van der Waals surface area contributed by atoms with E-state index < -0.39 is 6.09 Å². The maximum atomic E-state index is 10.6. The molecule has 2 rings (SSSR count). The lowest BCUT2D eigenvalue weighted by atomic mass is 10.0. The monoisotopic (exact) mass is 289 g/mol. The average molecular weight is 290 g/mol. The van der Waals surface area contributed by atoms with Gasteiger partial charge in [-0.3, -0.25) is 0 Å². The Kier molecular flexibility index (Phi) is 5.02. The summed E-state index contributed by atoms with van der Waals surface area (Å²) in [5.74, 6) is 0.471. The van der Waals surface area contributed by atoms with Gasteiger partial charge in [0.15, 0.2) is 0 Å². The molecule has 1 amide bonds. The van der Waals surface area contributed by atoms with Gasteiger partial charge in [0, 0.05) is 5.02 Å². The van der Waals surface area contributed by atoms with Crippen molar-refractivity contribution in [3.8, 4) is 5.75 Å². The number of aryl methyl sites for hydroxylation is 2. The van der Waals surface area contributed by atoms with Crippen molar-refractivity contribution in [3.05, 3.63) is 64.7 Å². The maximum absolute atomic E-state index is 10.6. The molecule has 2 aromatic rings. The molecule has 0 aliphatic carbocycles. The van der Waals surface area contributed by atoms with Crippen LogP contribution in [0, 0.1) is 0 Å². The number of carbonyl (C=O) groups excluding carboxylic acids is 1. The molecule has 2 aromatic carbocycles. The van der Waals surface area contributed by atoms with Gasteiger partial charge in [0.1, 0.15) is 5.75 Å². The minimum absolute atomic E-state index is 0.471. The number of amides is 1. The molecule has 0 radical (unpaired) electrons. The number of nitrogens with two attached hydrogens (primary N) is 1. The second kappa shape index (κ2) is 6.96. The summed E-state index contributed by atoms with van der Waals surface area (Å²) in [5, 5.41) is 0.763. The molecule has 0 saturated heterocycles. The molecule has 104 valence electrons. The van der Waals surface area contributed by atoms with Gasteiger partial charge in [-0.2, -0.15) is 0 Å². The van der Waals surface area contributed by atoms with E-state index in [0.29, 0.717) is 5.75 Å². The quantitative estimate of drug-likeness (QED) is 0.905. The highest BCUT2D eigenvalue weighted by Gasteiger charge is 2.00. The molecule has 0 unspecified atom stereocenters. The number of hydrogen-bond donors (Lipinski definition) is 1. The zero-order chi connectivity index (χ0) is 14.4. The molecule has 0 fully saturated rings. The third-order valence-electron chi connectivity index (χ3n) is 2.99. The fourth-order valence-electron chi connectivity index (χ4n) is 1.99. The molecule has 2 N–H and O–H groups in total. The van der Waals surface area contributed by atoms with Crippen LogP contribution in [0.15, 0.2) is 48.5 Å². The van der Waals surface area contributed by atoms with E-state index in [2.05, 4.69) is 0 Å². The molecule has 0 aliphatic heterocycles. The van der Waals surface area contributed by atoms with E-state index in [1.54, 1.807) is 12.1 Å². The third-order valence-corrected chi connectivity index (χ3v) is 3.24. The molecule has 3 nitrogen and oxygen atoms in total. The number of ether oxygens (including phenoxy) is 1. The second-order valence-electron chi connectivity index (χ2n) is 4.55. The summed E-state index contributed by atoms with van der Waals surface area (Å²) in [7, 11) is 0. The topological polar surface area (TPSA) is 52.3 Å². The SMILES string of the molecule is NC(=O)Oc1ccc(CCCc2ccc(Cl)cc2)cc1. The van der Waals surface area contributed by atoms with Gasteiger partial charge in [0.25, 0.3) is 0 Å². The van der Waals surface area contributed by atoms with Gasteiger partial charge >= 0.3 is 6.09 Å². The Bertz CT molecular complexity index is 564. The fraction of sp³-hybridized carbons (Fsp3) is 0.188. The van der Waals surface area contributed by atoms with Gasteiger partial charge in [0.2, 0.25) is 0 Å². The van der Waals surface area contributed by atoms with E-state index >= 15 is 0 Å². The van der Waals surface area contributed by atoms with Gasteiger partial charge in [-0.25, -0.2) is 4.79 Å². The lowest BCUT2D eigenvalue weighted by molar-refractivity contribution is 0.211. The van der Waals surface area contributed by atoms with Gasteiger partial charge in [-0.1, -0.05) is 35.9 Å². The molecule has 0 spiro atoms. The largest absolute Gasteiger partial charge is 0.411 e. The fourth-order valence-corrected chi connectivity index (χ4v) is 2.11. The predicted molar refractivity (Wildman–Crippen MR) is 80.1 cm³/mol. The number of benzene rings is 2. The van der Waals surface area contributed by atoms with E-state index in [-0.39, 0.29) is 0 Å². The first kappa shape index (κ1) is 14.4. The summed E-state index contributed by atoms with van der Waals surface area (Å²) < 4.78 is 4.78. The van der Waals surface area contributed by atoms with Crippen LogP contribution in [0.5, 0.6) is 5.75 Å². The maximum Gasteiger partial charge on any atom is 0.409 e. The van der Waals surface area contributed by atoms with Gasteiger partial charge in [0.05, 0.1) is 0 Å². The minimum atomic E-state index is -0.791. The van der Waals surface area contributed by atoms with Crippen LogP contribution in [-0.4, -0.2) is 6.09 Å². The van der Waals surface area contributed by atoms with Crippen LogP contribution < -0.4 is 10.5 Å². The number of hydrogen-bond acceptors (Lipinski definition) is 2. The van der Waals surface area contributed by atoms with Crippen LogP contribution >= 0.6 is 11.6 Å². The van der Waals surface area contributed by atoms with Crippen LogP contribution in [0.1, 0.15) is 17.5 Å². The van der Waals surface area contributed by atoms with E-state index in [9.17, 15) is 4.79 Å². The lowest BCUT2D eigenvalue weighted by Gasteiger charge is -2.04. The van der Waals surface area contributed by atoms with Crippen LogP contribution in [0.3, 0.4) is 0 Å². The Hall–Kier alpha value is -2.00. The molecule has 0 aromatic heterocycles. The normalized spacial score (nSPS) is 10.2. The Balaban J connectivity index is 1.82. The molecule has 0 heterocycles. The third kappa shape index (κ3) is 4.59. The van der Waals surface area contributed by atoms with Crippen molar-refractivity contribution >= 4 is 17.7 Å². The minimum Gasteiger partial charge on any atom is -0.411 e. The molecule has 0 atom stereocenters. The second-order valence-corrected chi connectivity index (χ2v) is 4.98. The summed E-state index contributed by atoms with van der Waals surface area (Å²) in [6.45, 7) is 0. The van der Waals surface area contributed by atoms with E-state index in [1.807, 2.05) is 36.4 Å². The van der Waals surface area contributed by atoms with Crippen LogP contribution in [-0.2, 0) is 12.8 Å². The van der Waals surface area contributed by atoms with Crippen molar-refractivity contribution < 1.29 is 9.53 Å². The highest BCUT2D eigenvalue weighted by atomic mass is 35.5. The molecule has 20 heavy (non-hydrogen) atoms. The summed E-state index contributed by atoms with van der Waals surface area (Å²) in [6, 6.07) is 15.3. The molecule has 4 heteroatoms. The van der Waals surface area contributed by atoms with Crippen molar-refractivity contribution in [2.24, 2.45) is 5.73 Å². The molecule has 0 aliphatic rings. The van der Waals surface area contributed by atoms with Gasteiger partial charge < -0.3 is 10.5 Å². The Morgan fingerprint density at radius 1 is 0.950 bits per heavy atom. The molecule has 0 saturated carbocycles. The smallest absolute Gasteiger partial charge is 0.409 e. The van der Waals surface area contributed by atoms with Gasteiger partial charge in [-0.05, 0) is 54.7 Å². The summed E-state index contributed by atoms with van der Waals surface area (Å²) in [5.41, 5.74) is 7.43. The molecular formula is C16H16ClNO2. The Labute approximate surface area is 123 Å². The van der Waals surface area contributed by atoms with Crippen molar-refractivity contribution in [2.45, 2.75) is 19.3 Å². The average Bonchev–Trinajstić information content (AvgIpc) is 2.42. The van der Waals surface area contributed by atoms with Crippen LogP contribution in [0.25, 0.3) is 0 Å². The first-order valence-corrected chi connectivity index (χ1v) is 6.82. The number of primary amides is 1. The van der Waals surface area contributed by atoms with Gasteiger partial charge in [-0.15, -0.1) is 0 Å². The summed E-state index contributed by atoms with van der Waals surface area (Å²) in [6.07, 6.45) is 2.24.